The summed E-state index contributed by atoms with van der Waals surface area (Å²) in [5.74, 6) is 0.698. The molecule has 2 rings (SSSR count). The lowest BCUT2D eigenvalue weighted by atomic mass is 10.1. The highest BCUT2D eigenvalue weighted by Gasteiger charge is 2.03. The van der Waals surface area contributed by atoms with E-state index in [-0.39, 0.29) is 5.91 Å². The second-order valence-corrected chi connectivity index (χ2v) is 4.85. The van der Waals surface area contributed by atoms with Crippen molar-refractivity contribution in [3.63, 3.8) is 0 Å². The molecule has 1 N–H and O–H groups in total. The Balaban J connectivity index is 1.92. The summed E-state index contributed by atoms with van der Waals surface area (Å²) in [5, 5.41) is 4.14. The van der Waals surface area contributed by atoms with Gasteiger partial charge in [-0.05, 0) is 49.2 Å². The third-order valence-electron chi connectivity index (χ3n) is 3.14. The van der Waals surface area contributed by atoms with Crippen LogP contribution in [0.1, 0.15) is 25.0 Å². The molecule has 4 heteroatoms. The van der Waals surface area contributed by atoms with E-state index < -0.39 is 0 Å². The fourth-order valence-corrected chi connectivity index (χ4v) is 1.99. The Morgan fingerprint density at radius 3 is 2.41 bits per heavy atom. The number of nitrogens with zero attached hydrogens (tertiary/aromatic N) is 1. The highest BCUT2D eigenvalue weighted by molar-refractivity contribution is 5.99. The summed E-state index contributed by atoms with van der Waals surface area (Å²) in [6.07, 6.45) is 0.320. The van der Waals surface area contributed by atoms with Crippen LogP contribution in [0.15, 0.2) is 59.7 Å². The van der Waals surface area contributed by atoms with Crippen LogP contribution in [0.4, 0.5) is 0 Å². The van der Waals surface area contributed by atoms with Crippen molar-refractivity contribution in [1.29, 1.82) is 0 Å². The van der Waals surface area contributed by atoms with Gasteiger partial charge in [-0.15, -0.1) is 0 Å². The van der Waals surface area contributed by atoms with Crippen LogP contribution in [-0.4, -0.2) is 18.2 Å². The van der Waals surface area contributed by atoms with Crippen LogP contribution in [0.2, 0.25) is 0 Å². The summed E-state index contributed by atoms with van der Waals surface area (Å²) in [6, 6.07) is 17.2. The molecule has 1 amide bonds. The van der Waals surface area contributed by atoms with E-state index in [1.54, 1.807) is 0 Å². The zero-order valence-corrected chi connectivity index (χ0v) is 12.9. The monoisotopic (exact) mass is 296 g/mol. The third kappa shape index (κ3) is 4.74. The Hall–Kier alpha value is -2.62. The van der Waals surface area contributed by atoms with Gasteiger partial charge in [-0.25, -0.2) is 5.43 Å². The fourth-order valence-electron chi connectivity index (χ4n) is 1.99. The van der Waals surface area contributed by atoms with Crippen LogP contribution in [0.3, 0.4) is 0 Å². The van der Waals surface area contributed by atoms with Crippen molar-refractivity contribution in [2.24, 2.45) is 5.10 Å². The van der Waals surface area contributed by atoms with Crippen LogP contribution in [-0.2, 0) is 11.2 Å². The van der Waals surface area contributed by atoms with E-state index in [1.807, 2.05) is 68.4 Å². The van der Waals surface area contributed by atoms with Crippen molar-refractivity contribution >= 4 is 11.6 Å². The van der Waals surface area contributed by atoms with Crippen LogP contribution in [0, 0.1) is 0 Å². The van der Waals surface area contributed by atoms with Crippen LogP contribution in [0.5, 0.6) is 5.75 Å². The maximum atomic E-state index is 11.8. The number of nitrogens with one attached hydrogen (secondary N) is 1. The number of benzene rings is 2. The molecule has 22 heavy (non-hydrogen) atoms. The van der Waals surface area contributed by atoms with Gasteiger partial charge in [-0.2, -0.15) is 5.10 Å². The van der Waals surface area contributed by atoms with Crippen molar-refractivity contribution in [2.75, 3.05) is 6.61 Å². The number of carbonyl (C=O) groups excluding carboxylic acids is 1. The van der Waals surface area contributed by atoms with Crippen molar-refractivity contribution in [1.82, 2.24) is 5.43 Å². The van der Waals surface area contributed by atoms with Crippen molar-refractivity contribution in [3.8, 4) is 5.75 Å². The number of hydrazone groups is 1. The van der Waals surface area contributed by atoms with E-state index in [2.05, 4.69) is 10.5 Å². The zero-order valence-electron chi connectivity index (χ0n) is 12.9. The molecule has 0 aliphatic heterocycles. The maximum absolute atomic E-state index is 11.8. The van der Waals surface area contributed by atoms with Gasteiger partial charge in [0.2, 0.25) is 5.91 Å². The summed E-state index contributed by atoms with van der Waals surface area (Å²) >= 11 is 0. The standard InChI is InChI=1S/C18H20N2O2/c1-3-22-17-11-9-16(10-12-17)14(2)19-20-18(21)13-15-7-5-4-6-8-15/h4-12H,3,13H2,1-2H3,(H,20,21)/b19-14-. The molecule has 0 aliphatic rings. The molecule has 2 aromatic rings. The molecule has 4 nitrogen and oxygen atoms in total. The predicted molar refractivity (Wildman–Crippen MR) is 88.1 cm³/mol. The van der Waals surface area contributed by atoms with Crippen molar-refractivity contribution < 1.29 is 9.53 Å². The molecule has 0 saturated carbocycles. The minimum atomic E-state index is -0.128. The summed E-state index contributed by atoms with van der Waals surface area (Å²) in [4.78, 5) is 11.8. The van der Waals surface area contributed by atoms with Crippen molar-refractivity contribution in [3.05, 3.63) is 65.7 Å². The molecule has 0 bridgehead atoms. The first-order valence-corrected chi connectivity index (χ1v) is 7.29. The van der Waals surface area contributed by atoms with E-state index in [4.69, 9.17) is 4.74 Å². The average molecular weight is 296 g/mol. The lowest BCUT2D eigenvalue weighted by molar-refractivity contribution is -0.120. The molecule has 0 saturated heterocycles. The smallest absolute Gasteiger partial charge is 0.244 e. The first-order chi connectivity index (χ1) is 10.7. The Labute approximate surface area is 130 Å². The first kappa shape index (κ1) is 15.8. The average Bonchev–Trinajstić information content (AvgIpc) is 2.54. The molecular formula is C18H20N2O2. The highest BCUT2D eigenvalue weighted by Crippen LogP contribution is 2.12. The first-order valence-electron chi connectivity index (χ1n) is 7.29. The molecule has 0 fully saturated rings. The molecular weight excluding hydrogens is 276 g/mol. The Kier molecular flexibility index (Phi) is 5.72. The summed E-state index contributed by atoms with van der Waals surface area (Å²) in [7, 11) is 0. The molecule has 0 heterocycles. The number of hydrogen-bond donors (Lipinski definition) is 1. The van der Waals surface area contributed by atoms with Gasteiger partial charge in [0.1, 0.15) is 5.75 Å². The third-order valence-corrected chi connectivity index (χ3v) is 3.14. The van der Waals surface area contributed by atoms with Crippen LogP contribution in [0.25, 0.3) is 0 Å². The highest BCUT2D eigenvalue weighted by atomic mass is 16.5. The largest absolute Gasteiger partial charge is 0.494 e. The van der Waals surface area contributed by atoms with Gasteiger partial charge in [-0.1, -0.05) is 30.3 Å². The van der Waals surface area contributed by atoms with Gasteiger partial charge in [0.25, 0.3) is 0 Å². The maximum Gasteiger partial charge on any atom is 0.244 e. The second kappa shape index (κ2) is 7.98. The van der Waals surface area contributed by atoms with E-state index in [0.717, 1.165) is 22.6 Å². The van der Waals surface area contributed by atoms with Gasteiger partial charge in [0, 0.05) is 0 Å². The number of hydrogen-bond acceptors (Lipinski definition) is 3. The Bertz CT molecular complexity index is 634. The molecule has 0 aliphatic carbocycles. The molecule has 0 aromatic heterocycles. The summed E-state index contributed by atoms with van der Waals surface area (Å²) < 4.78 is 5.40. The number of rotatable bonds is 6. The van der Waals surface area contributed by atoms with Crippen LogP contribution < -0.4 is 10.2 Å². The quantitative estimate of drug-likeness (QED) is 0.657. The summed E-state index contributed by atoms with van der Waals surface area (Å²) in [6.45, 7) is 4.45. The molecule has 0 radical (unpaired) electrons. The molecule has 0 unspecified atom stereocenters. The normalized spacial score (nSPS) is 11.1. The zero-order chi connectivity index (χ0) is 15.8. The Morgan fingerprint density at radius 1 is 1.09 bits per heavy atom. The minimum Gasteiger partial charge on any atom is -0.494 e. The van der Waals surface area contributed by atoms with Gasteiger partial charge in [0.05, 0.1) is 18.7 Å². The lowest BCUT2D eigenvalue weighted by Gasteiger charge is -2.05. The fraction of sp³-hybridized carbons (Fsp3) is 0.222. The van der Waals surface area contributed by atoms with E-state index in [0.29, 0.717) is 13.0 Å². The van der Waals surface area contributed by atoms with Gasteiger partial charge >= 0.3 is 0 Å². The van der Waals surface area contributed by atoms with E-state index >= 15 is 0 Å². The lowest BCUT2D eigenvalue weighted by Crippen LogP contribution is -2.21. The van der Waals surface area contributed by atoms with Gasteiger partial charge < -0.3 is 4.74 Å². The second-order valence-electron chi connectivity index (χ2n) is 4.85. The van der Waals surface area contributed by atoms with Crippen molar-refractivity contribution in [2.45, 2.75) is 20.3 Å². The van der Waals surface area contributed by atoms with Crippen LogP contribution >= 0.6 is 0 Å². The van der Waals surface area contributed by atoms with E-state index in [9.17, 15) is 4.79 Å². The topological polar surface area (TPSA) is 50.7 Å². The van der Waals surface area contributed by atoms with Gasteiger partial charge in [-0.3, -0.25) is 4.79 Å². The van der Waals surface area contributed by atoms with E-state index in [1.165, 1.54) is 0 Å². The number of carbonyl (C=O) groups is 1. The predicted octanol–water partition coefficient (Wildman–Crippen LogP) is 3.17. The Morgan fingerprint density at radius 2 is 1.77 bits per heavy atom. The van der Waals surface area contributed by atoms with Gasteiger partial charge in [0.15, 0.2) is 0 Å². The molecule has 114 valence electrons. The molecule has 2 aromatic carbocycles. The molecule has 0 spiro atoms. The molecule has 0 atom stereocenters. The number of amides is 1. The number of ether oxygens (including phenoxy) is 1. The summed E-state index contributed by atoms with van der Waals surface area (Å²) in [5.41, 5.74) is 5.26. The minimum absolute atomic E-state index is 0.128. The SMILES string of the molecule is CCOc1ccc(/C(C)=N\NC(=O)Cc2ccccc2)cc1.